The summed E-state index contributed by atoms with van der Waals surface area (Å²) in [5.41, 5.74) is 7.02. The second-order valence-electron chi connectivity index (χ2n) is 11.9. The lowest BCUT2D eigenvalue weighted by Gasteiger charge is -2.48. The molecule has 3 aromatic rings. The monoisotopic (exact) mass is 507 g/mol. The Hall–Kier alpha value is -3.43. The van der Waals surface area contributed by atoms with E-state index in [0.717, 1.165) is 78.7 Å². The summed E-state index contributed by atoms with van der Waals surface area (Å²) in [5.74, 6) is 0.0709. The number of piperazine rings is 1. The van der Waals surface area contributed by atoms with Crippen LogP contribution < -0.4 is 4.90 Å². The van der Waals surface area contributed by atoms with Gasteiger partial charge < -0.3 is 15.3 Å². The lowest BCUT2D eigenvalue weighted by Crippen LogP contribution is -2.58. The highest BCUT2D eigenvalue weighted by Gasteiger charge is 2.41. The molecule has 6 heteroatoms. The Morgan fingerprint density at radius 3 is 2.47 bits per heavy atom. The third-order valence-electron chi connectivity index (χ3n) is 9.54. The van der Waals surface area contributed by atoms with Crippen LogP contribution in [0.3, 0.4) is 0 Å². The molecule has 6 rings (SSSR count). The Morgan fingerprint density at radius 2 is 1.82 bits per heavy atom. The van der Waals surface area contributed by atoms with Crippen LogP contribution in [0.5, 0.6) is 0 Å². The Labute approximate surface area is 225 Å². The Balaban J connectivity index is 1.36. The van der Waals surface area contributed by atoms with Crippen molar-refractivity contribution in [1.29, 1.82) is 10.7 Å². The molecule has 3 aliphatic rings. The molecule has 1 saturated heterocycles. The molecule has 2 aromatic carbocycles. The molecule has 2 N–H and O–H groups in total. The zero-order valence-corrected chi connectivity index (χ0v) is 22.8. The van der Waals surface area contributed by atoms with Crippen LogP contribution in [0.25, 0.3) is 10.9 Å². The summed E-state index contributed by atoms with van der Waals surface area (Å²) in [6.45, 7) is 10.4. The lowest BCUT2D eigenvalue weighted by molar-refractivity contribution is 0.103. The second-order valence-corrected chi connectivity index (χ2v) is 11.9. The second kappa shape index (κ2) is 9.10. The topological polar surface area (TPSA) is 87.0 Å². The summed E-state index contributed by atoms with van der Waals surface area (Å²) in [6.07, 6.45) is 8.53. The first-order valence-corrected chi connectivity index (χ1v) is 14.1. The number of carbonyl (C=O) groups is 1. The molecule has 1 saturated carbocycles. The highest BCUT2D eigenvalue weighted by Crippen LogP contribution is 2.46. The molecule has 2 heterocycles. The molecule has 0 atom stereocenters. The van der Waals surface area contributed by atoms with E-state index in [2.05, 4.69) is 53.8 Å². The zero-order valence-electron chi connectivity index (χ0n) is 22.8. The average molecular weight is 508 g/mol. The first kappa shape index (κ1) is 24.9. The minimum Gasteiger partial charge on any atom is -0.369 e. The van der Waals surface area contributed by atoms with Gasteiger partial charge in [-0.1, -0.05) is 46.1 Å². The molecule has 0 amide bonds. The van der Waals surface area contributed by atoms with Crippen LogP contribution in [0.15, 0.2) is 30.3 Å². The lowest BCUT2D eigenvalue weighted by atomic mass is 9.70. The van der Waals surface area contributed by atoms with E-state index in [-0.39, 0.29) is 16.7 Å². The number of fused-ring (bicyclic) bond motifs is 4. The molecule has 0 bridgehead atoms. The largest absolute Gasteiger partial charge is 0.369 e. The number of nitriles is 1. The maximum Gasteiger partial charge on any atom is 0.195 e. The Morgan fingerprint density at radius 1 is 1.08 bits per heavy atom. The number of carbonyl (C=O) groups excluding carboxylic acids is 1. The number of benzene rings is 2. The molecule has 38 heavy (non-hydrogen) atoms. The number of ketones is 1. The van der Waals surface area contributed by atoms with Gasteiger partial charge in [0.25, 0.3) is 0 Å². The van der Waals surface area contributed by atoms with Crippen molar-refractivity contribution < 1.29 is 4.79 Å². The van der Waals surface area contributed by atoms with Gasteiger partial charge in [-0.25, -0.2) is 0 Å². The fourth-order valence-electron chi connectivity index (χ4n) is 7.27. The number of nitrogens with zero attached hydrogens (tertiary/aromatic N) is 3. The van der Waals surface area contributed by atoms with Gasteiger partial charge in [0.1, 0.15) is 0 Å². The van der Waals surface area contributed by atoms with Crippen LogP contribution in [0, 0.1) is 16.7 Å². The van der Waals surface area contributed by atoms with E-state index < -0.39 is 0 Å². The van der Waals surface area contributed by atoms with Gasteiger partial charge in [-0.15, -0.1) is 0 Å². The molecule has 1 aliphatic heterocycles. The van der Waals surface area contributed by atoms with Gasteiger partial charge in [0, 0.05) is 65.7 Å². The summed E-state index contributed by atoms with van der Waals surface area (Å²) in [6, 6.07) is 12.2. The highest BCUT2D eigenvalue weighted by molar-refractivity contribution is 6.20. The Bertz CT molecular complexity index is 1480. The number of hydrogen-bond donors (Lipinski definition) is 2. The van der Waals surface area contributed by atoms with E-state index in [1.165, 1.54) is 30.5 Å². The van der Waals surface area contributed by atoms with Crippen molar-refractivity contribution >= 4 is 28.6 Å². The molecular formula is C32H37N5O. The number of hydrogen-bond acceptors (Lipinski definition) is 5. The SMILES string of the molecule is CCc1cc2c(cc1N1CCN(C3(C=N)CCCCC3)CC1)C(C)(C)c1[nH]c3cc(C#N)ccc3c1C2=O. The summed E-state index contributed by atoms with van der Waals surface area (Å²) in [4.78, 5) is 22.5. The molecular weight excluding hydrogens is 470 g/mol. The van der Waals surface area contributed by atoms with Crippen molar-refractivity contribution in [3.63, 3.8) is 0 Å². The number of aryl methyl sites for hydroxylation is 1. The molecule has 0 spiro atoms. The molecule has 0 unspecified atom stereocenters. The van der Waals surface area contributed by atoms with Gasteiger partial charge in [0.05, 0.1) is 22.7 Å². The minimum absolute atomic E-state index is 0.0559. The van der Waals surface area contributed by atoms with Gasteiger partial charge in [-0.05, 0) is 54.7 Å². The highest BCUT2D eigenvalue weighted by atomic mass is 16.1. The van der Waals surface area contributed by atoms with Crippen molar-refractivity contribution in [2.24, 2.45) is 0 Å². The predicted octanol–water partition coefficient (Wildman–Crippen LogP) is 5.95. The van der Waals surface area contributed by atoms with Crippen molar-refractivity contribution in [1.82, 2.24) is 9.88 Å². The van der Waals surface area contributed by atoms with E-state index in [4.69, 9.17) is 5.41 Å². The van der Waals surface area contributed by atoms with E-state index >= 15 is 0 Å². The van der Waals surface area contributed by atoms with Gasteiger partial charge in [0.15, 0.2) is 5.78 Å². The number of aromatic nitrogens is 1. The van der Waals surface area contributed by atoms with Gasteiger partial charge in [-0.2, -0.15) is 5.26 Å². The van der Waals surface area contributed by atoms with E-state index in [0.29, 0.717) is 5.56 Å². The Kier molecular flexibility index (Phi) is 5.96. The van der Waals surface area contributed by atoms with E-state index in [1.807, 2.05) is 12.1 Å². The number of anilines is 1. The van der Waals surface area contributed by atoms with Crippen LogP contribution in [0.1, 0.15) is 91.2 Å². The van der Waals surface area contributed by atoms with Crippen LogP contribution in [-0.2, 0) is 11.8 Å². The summed E-state index contributed by atoms with van der Waals surface area (Å²) < 4.78 is 0. The third-order valence-corrected chi connectivity index (χ3v) is 9.54. The normalized spacial score (nSPS) is 20.6. The van der Waals surface area contributed by atoms with Crippen LogP contribution >= 0.6 is 0 Å². The first-order valence-electron chi connectivity index (χ1n) is 14.1. The fourth-order valence-corrected chi connectivity index (χ4v) is 7.27. The number of H-pyrrole nitrogens is 1. The molecule has 2 fully saturated rings. The molecule has 0 radical (unpaired) electrons. The number of aromatic amines is 1. The van der Waals surface area contributed by atoms with Crippen molar-refractivity contribution in [3.05, 3.63) is 63.8 Å². The van der Waals surface area contributed by atoms with Crippen molar-refractivity contribution in [2.75, 3.05) is 31.1 Å². The van der Waals surface area contributed by atoms with Gasteiger partial charge in [0.2, 0.25) is 0 Å². The first-order chi connectivity index (χ1) is 18.3. The van der Waals surface area contributed by atoms with Crippen LogP contribution in [-0.4, -0.2) is 53.6 Å². The average Bonchev–Trinajstić information content (AvgIpc) is 3.36. The van der Waals surface area contributed by atoms with Crippen LogP contribution in [0.4, 0.5) is 5.69 Å². The molecule has 6 nitrogen and oxygen atoms in total. The maximum atomic E-state index is 13.9. The van der Waals surface area contributed by atoms with E-state index in [1.54, 1.807) is 12.3 Å². The zero-order chi connectivity index (χ0) is 26.7. The maximum absolute atomic E-state index is 13.9. The van der Waals surface area contributed by atoms with Crippen molar-refractivity contribution in [2.45, 2.75) is 70.3 Å². The standard InChI is InChI=1S/C32H37N5O/c1-4-22-17-24-25(18-27(22)36-12-14-37(15-13-36)32(20-34)10-6-5-7-11-32)31(2,3)30-28(29(24)38)23-9-8-21(19-33)16-26(23)35-30/h8-9,16-18,20,34-35H,4-7,10-15H2,1-3H3. The summed E-state index contributed by atoms with van der Waals surface area (Å²) >= 11 is 0. The van der Waals surface area contributed by atoms with Gasteiger partial charge >= 0.3 is 0 Å². The fraction of sp³-hybridized carbons (Fsp3) is 0.469. The quantitative estimate of drug-likeness (QED) is 0.428. The van der Waals surface area contributed by atoms with Gasteiger partial charge in [-0.3, -0.25) is 9.69 Å². The van der Waals surface area contributed by atoms with Crippen LogP contribution in [0.2, 0.25) is 0 Å². The summed E-state index contributed by atoms with van der Waals surface area (Å²) in [7, 11) is 0. The number of rotatable bonds is 4. The predicted molar refractivity (Wildman–Crippen MR) is 153 cm³/mol. The third kappa shape index (κ3) is 3.63. The van der Waals surface area contributed by atoms with E-state index in [9.17, 15) is 10.1 Å². The number of nitrogens with one attached hydrogen (secondary N) is 2. The smallest absolute Gasteiger partial charge is 0.195 e. The molecule has 2 aliphatic carbocycles. The minimum atomic E-state index is -0.375. The van der Waals surface area contributed by atoms with Crippen molar-refractivity contribution in [3.8, 4) is 6.07 Å². The molecule has 1 aromatic heterocycles. The summed E-state index contributed by atoms with van der Waals surface area (Å²) in [5, 5.41) is 18.5. The molecule has 196 valence electrons.